The zero-order valence-corrected chi connectivity index (χ0v) is 17.5. The molecule has 0 fully saturated rings. The lowest BCUT2D eigenvalue weighted by atomic mass is 9.81. The third-order valence-electron chi connectivity index (χ3n) is 4.65. The zero-order valence-electron chi connectivity index (χ0n) is 17.5. The van der Waals surface area contributed by atoms with Crippen molar-refractivity contribution < 1.29 is 9.53 Å². The maximum absolute atomic E-state index is 12.3. The molecule has 0 N–H and O–H groups in total. The van der Waals surface area contributed by atoms with Gasteiger partial charge >= 0.3 is 5.97 Å². The molecule has 0 aliphatic heterocycles. The fraction of sp³-hybridized carbons (Fsp3) is 0.609. The van der Waals surface area contributed by atoms with Crippen molar-refractivity contribution in [1.29, 1.82) is 0 Å². The van der Waals surface area contributed by atoms with E-state index in [0.29, 0.717) is 18.3 Å². The monoisotopic (exact) mass is 352 g/mol. The van der Waals surface area contributed by atoms with Crippen LogP contribution in [0.2, 0.25) is 0 Å². The number of hydrogen-bond donors (Lipinski definition) is 0. The van der Waals surface area contributed by atoms with E-state index in [9.17, 15) is 4.79 Å². The predicted molar refractivity (Wildman–Crippen MR) is 111 cm³/mol. The highest BCUT2D eigenvalue weighted by Crippen LogP contribution is 2.31. The Labute approximate surface area is 161 Å². The van der Waals surface area contributed by atoms with Crippen LogP contribution in [0.15, 0.2) is 24.3 Å². The minimum absolute atomic E-state index is 0.129. The Morgan fingerprint density at radius 1 is 1.15 bits per heavy atom. The van der Waals surface area contributed by atoms with Crippen LogP contribution in [-0.2, 0) is 9.53 Å². The molecule has 0 heterocycles. The molecule has 1 aromatic rings. The molecule has 140 valence electrons. The van der Waals surface area contributed by atoms with Crippen molar-refractivity contribution in [3.63, 3.8) is 0 Å². The van der Waals surface area contributed by atoms with Crippen molar-refractivity contribution in [1.82, 2.24) is 0 Å². The fourth-order valence-corrected chi connectivity index (χ4v) is 2.98. The summed E-state index contributed by atoms with van der Waals surface area (Å²) in [4.78, 5) is 12.3. The van der Waals surface area contributed by atoms with Crippen molar-refractivity contribution in [2.75, 3.05) is 0 Å². The van der Waals surface area contributed by atoms with E-state index in [1.165, 1.54) is 0 Å². The average molecular weight is 352 g/mol. The molecule has 0 saturated carbocycles. The molecule has 1 rings (SSSR count). The summed E-state index contributed by atoms with van der Waals surface area (Å²) >= 11 is 0. The van der Waals surface area contributed by atoms with Gasteiger partial charge in [0.2, 0.25) is 0 Å². The van der Waals surface area contributed by atoms with Gasteiger partial charge in [0.05, 0.1) is 0 Å². The van der Waals surface area contributed by atoms with Crippen molar-refractivity contribution >= 4 is 19.3 Å². The first-order valence-corrected chi connectivity index (χ1v) is 9.45. The maximum atomic E-state index is 12.3. The molecule has 2 radical (unpaired) electrons. The van der Waals surface area contributed by atoms with Crippen LogP contribution in [0.3, 0.4) is 0 Å². The minimum atomic E-state index is -0.554. The number of esters is 1. The first-order chi connectivity index (χ1) is 11.8. The van der Waals surface area contributed by atoms with Crippen LogP contribution in [-0.4, -0.2) is 19.4 Å². The van der Waals surface area contributed by atoms with Crippen molar-refractivity contribution in [2.45, 2.75) is 79.8 Å². The van der Waals surface area contributed by atoms with E-state index in [-0.39, 0.29) is 16.8 Å². The summed E-state index contributed by atoms with van der Waals surface area (Å²) in [6.45, 7) is 14.6. The fourth-order valence-electron chi connectivity index (χ4n) is 2.98. The maximum Gasteiger partial charge on any atom is 0.306 e. The highest BCUT2D eigenvalue weighted by molar-refractivity contribution is 6.32. The van der Waals surface area contributed by atoms with Gasteiger partial charge in [-0.15, -0.1) is 0 Å². The molecule has 0 saturated heterocycles. The number of carbonyl (C=O) groups is 1. The molecular formula is C23H33BO2. The Kier molecular flexibility index (Phi) is 7.57. The van der Waals surface area contributed by atoms with Crippen molar-refractivity contribution in [2.24, 2.45) is 10.8 Å². The van der Waals surface area contributed by atoms with Crippen LogP contribution in [0.25, 0.3) is 0 Å². The summed E-state index contributed by atoms with van der Waals surface area (Å²) in [6, 6.07) is 7.55. The van der Waals surface area contributed by atoms with E-state index in [1.54, 1.807) is 0 Å². The second-order valence-corrected chi connectivity index (χ2v) is 9.19. The van der Waals surface area contributed by atoms with Gasteiger partial charge in [0.25, 0.3) is 0 Å². The Morgan fingerprint density at radius 3 is 2.38 bits per heavy atom. The van der Waals surface area contributed by atoms with Crippen LogP contribution in [0.5, 0.6) is 0 Å². The first kappa shape index (κ1) is 22.4. The van der Waals surface area contributed by atoms with Gasteiger partial charge in [0.15, 0.2) is 0 Å². The second kappa shape index (κ2) is 8.80. The summed E-state index contributed by atoms with van der Waals surface area (Å²) in [5, 5.41) is 0. The van der Waals surface area contributed by atoms with Crippen LogP contribution < -0.4 is 5.46 Å². The van der Waals surface area contributed by atoms with E-state index in [1.807, 2.05) is 38.1 Å². The number of benzene rings is 1. The Bertz CT molecular complexity index is 675. The molecule has 0 amide bonds. The summed E-state index contributed by atoms with van der Waals surface area (Å²) in [6.07, 6.45) is 3.02. The van der Waals surface area contributed by atoms with Gasteiger partial charge in [0.1, 0.15) is 13.4 Å². The van der Waals surface area contributed by atoms with Gasteiger partial charge in [-0.1, -0.05) is 62.7 Å². The van der Waals surface area contributed by atoms with Crippen molar-refractivity contribution in [3.05, 3.63) is 29.8 Å². The van der Waals surface area contributed by atoms with Gasteiger partial charge in [-0.3, -0.25) is 4.79 Å². The summed E-state index contributed by atoms with van der Waals surface area (Å²) < 4.78 is 5.76. The Morgan fingerprint density at radius 2 is 1.81 bits per heavy atom. The predicted octanol–water partition coefficient (Wildman–Crippen LogP) is 4.79. The standard InChI is InChI=1S/C23H33BO2/c1-8-21(2,3)15-13-20(25)26-23(6,7)17-22(4,5)14-12-18-10-9-11-19(24)16-18/h9-11,16H,8,13,15,17H2,1-7H3. The molecule has 0 aliphatic carbocycles. The minimum Gasteiger partial charge on any atom is -0.460 e. The molecule has 2 nitrogen and oxygen atoms in total. The smallest absolute Gasteiger partial charge is 0.306 e. The Balaban J connectivity index is 2.68. The number of hydrogen-bond acceptors (Lipinski definition) is 2. The third-order valence-corrected chi connectivity index (χ3v) is 4.65. The molecular weight excluding hydrogens is 319 g/mol. The van der Waals surface area contributed by atoms with Crippen LogP contribution >= 0.6 is 0 Å². The van der Waals surface area contributed by atoms with Gasteiger partial charge in [-0.25, -0.2) is 0 Å². The molecule has 0 atom stereocenters. The molecule has 0 spiro atoms. The van der Waals surface area contributed by atoms with E-state index in [2.05, 4.69) is 46.5 Å². The van der Waals surface area contributed by atoms with Crippen LogP contribution in [0.1, 0.15) is 79.7 Å². The van der Waals surface area contributed by atoms with Gasteiger partial charge < -0.3 is 4.74 Å². The highest BCUT2D eigenvalue weighted by Gasteiger charge is 2.31. The summed E-state index contributed by atoms with van der Waals surface area (Å²) in [5.74, 6) is 6.36. The summed E-state index contributed by atoms with van der Waals surface area (Å²) in [7, 11) is 5.80. The van der Waals surface area contributed by atoms with Crippen molar-refractivity contribution in [3.8, 4) is 11.8 Å². The Hall–Kier alpha value is -1.69. The van der Waals surface area contributed by atoms with Gasteiger partial charge in [-0.2, -0.15) is 0 Å². The second-order valence-electron chi connectivity index (χ2n) is 9.19. The van der Waals surface area contributed by atoms with E-state index < -0.39 is 5.60 Å². The SMILES string of the molecule is [B]c1cccc(C#CC(C)(C)CC(C)(C)OC(=O)CCC(C)(C)CC)c1. The lowest BCUT2D eigenvalue weighted by molar-refractivity contribution is -0.159. The topological polar surface area (TPSA) is 26.3 Å². The lowest BCUT2D eigenvalue weighted by Crippen LogP contribution is -2.33. The number of ether oxygens (including phenoxy) is 1. The number of rotatable bonds is 7. The molecule has 0 aliphatic rings. The quantitative estimate of drug-likeness (QED) is 0.401. The van der Waals surface area contributed by atoms with Gasteiger partial charge in [0, 0.05) is 23.8 Å². The van der Waals surface area contributed by atoms with E-state index in [4.69, 9.17) is 12.6 Å². The molecule has 26 heavy (non-hydrogen) atoms. The largest absolute Gasteiger partial charge is 0.460 e. The number of carbonyl (C=O) groups excluding carboxylic acids is 1. The third kappa shape index (κ3) is 8.61. The zero-order chi connectivity index (χ0) is 20.0. The highest BCUT2D eigenvalue weighted by atomic mass is 16.6. The van der Waals surface area contributed by atoms with E-state index >= 15 is 0 Å². The summed E-state index contributed by atoms with van der Waals surface area (Å²) in [5.41, 5.74) is 0.942. The average Bonchev–Trinajstić information content (AvgIpc) is 2.50. The van der Waals surface area contributed by atoms with E-state index in [0.717, 1.165) is 18.4 Å². The lowest BCUT2D eigenvalue weighted by Gasteiger charge is -2.32. The van der Waals surface area contributed by atoms with Crippen LogP contribution in [0.4, 0.5) is 0 Å². The molecule has 3 heteroatoms. The first-order valence-electron chi connectivity index (χ1n) is 9.45. The molecule has 1 aromatic carbocycles. The molecule has 0 unspecified atom stereocenters. The normalized spacial score (nSPS) is 12.3. The van der Waals surface area contributed by atoms with Gasteiger partial charge in [-0.05, 0) is 45.6 Å². The molecule has 0 aromatic heterocycles. The van der Waals surface area contributed by atoms with Crippen LogP contribution in [0, 0.1) is 22.7 Å². The molecule has 0 bridgehead atoms.